The van der Waals surface area contributed by atoms with Gasteiger partial charge in [-0.3, -0.25) is 13.9 Å². The van der Waals surface area contributed by atoms with Gasteiger partial charge >= 0.3 is 0 Å². The van der Waals surface area contributed by atoms with Crippen molar-refractivity contribution in [3.8, 4) is 0 Å². The number of rotatable bonds is 6. The van der Waals surface area contributed by atoms with Crippen molar-refractivity contribution in [1.29, 1.82) is 0 Å². The van der Waals surface area contributed by atoms with Crippen molar-refractivity contribution in [1.82, 2.24) is 5.32 Å². The van der Waals surface area contributed by atoms with E-state index < -0.39 is 10.0 Å². The van der Waals surface area contributed by atoms with Gasteiger partial charge in [0.05, 0.1) is 22.7 Å². The van der Waals surface area contributed by atoms with E-state index in [4.69, 9.17) is 0 Å². The predicted octanol–water partition coefficient (Wildman–Crippen LogP) is 3.01. The molecule has 2 N–H and O–H groups in total. The molecule has 1 aliphatic rings. The third kappa shape index (κ3) is 4.95. The zero-order valence-corrected chi connectivity index (χ0v) is 17.2. The topological polar surface area (TPSA) is 95.6 Å². The zero-order chi connectivity index (χ0) is 20.9. The van der Waals surface area contributed by atoms with E-state index in [-0.39, 0.29) is 17.6 Å². The highest BCUT2D eigenvalue weighted by Gasteiger charge is 2.26. The lowest BCUT2D eigenvalue weighted by Crippen LogP contribution is -2.37. The van der Waals surface area contributed by atoms with Crippen LogP contribution < -0.4 is 14.9 Å². The lowest BCUT2D eigenvalue weighted by molar-refractivity contribution is 0.0954. The second-order valence-electron chi connectivity index (χ2n) is 6.90. The van der Waals surface area contributed by atoms with Gasteiger partial charge in [0.25, 0.3) is 11.8 Å². The van der Waals surface area contributed by atoms with Gasteiger partial charge < -0.3 is 10.6 Å². The van der Waals surface area contributed by atoms with Gasteiger partial charge in [-0.05, 0) is 55.7 Å². The minimum absolute atomic E-state index is 0.145. The summed E-state index contributed by atoms with van der Waals surface area (Å²) in [5.74, 6) is -0.464. The van der Waals surface area contributed by atoms with Gasteiger partial charge in [0.15, 0.2) is 0 Å². The van der Waals surface area contributed by atoms with Crippen LogP contribution >= 0.6 is 0 Å². The summed E-state index contributed by atoms with van der Waals surface area (Å²) in [6, 6.07) is 13.3. The number of carbonyl (C=O) groups excluding carboxylic acids is 2. The molecule has 0 unspecified atom stereocenters. The summed E-state index contributed by atoms with van der Waals surface area (Å²) in [5.41, 5.74) is 1.76. The van der Waals surface area contributed by atoms with Crippen molar-refractivity contribution in [3.05, 3.63) is 59.7 Å². The second-order valence-corrected chi connectivity index (χ2v) is 8.91. The number of sulfonamides is 1. The molecule has 154 valence electrons. The summed E-state index contributed by atoms with van der Waals surface area (Å²) < 4.78 is 25.8. The fourth-order valence-corrected chi connectivity index (χ4v) is 4.82. The molecule has 8 heteroatoms. The van der Waals surface area contributed by atoms with E-state index in [1.54, 1.807) is 48.5 Å². The van der Waals surface area contributed by atoms with Crippen LogP contribution in [0.3, 0.4) is 0 Å². The van der Waals surface area contributed by atoms with Gasteiger partial charge in [-0.15, -0.1) is 0 Å². The molecule has 0 atom stereocenters. The Morgan fingerprint density at radius 2 is 1.72 bits per heavy atom. The molecule has 0 saturated carbocycles. The third-order valence-corrected chi connectivity index (χ3v) is 6.59. The van der Waals surface area contributed by atoms with Crippen LogP contribution in [0.1, 0.15) is 46.9 Å². The van der Waals surface area contributed by atoms with E-state index in [0.717, 1.165) is 12.8 Å². The highest BCUT2D eigenvalue weighted by molar-refractivity contribution is 7.92. The Kier molecular flexibility index (Phi) is 6.53. The molecule has 2 aromatic rings. The first-order chi connectivity index (χ1) is 13.9. The number of amides is 2. The second kappa shape index (κ2) is 9.09. The smallest absolute Gasteiger partial charge is 0.255 e. The van der Waals surface area contributed by atoms with Gasteiger partial charge in [-0.1, -0.05) is 19.1 Å². The molecule has 1 aliphatic heterocycles. The molecule has 0 bridgehead atoms. The predicted molar refractivity (Wildman–Crippen MR) is 114 cm³/mol. The standard InChI is InChI=1S/C21H25N3O4S/c1-2-13-22-21(26)18-7-3-4-8-19(18)23-20(25)16-9-11-17(12-10-16)24-14-5-6-15-29(24,27)28/h3-4,7-12H,2,5-6,13-15H2,1H3,(H,22,26)(H,23,25). The normalized spacial score (nSPS) is 15.6. The molecule has 0 radical (unpaired) electrons. The summed E-state index contributed by atoms with van der Waals surface area (Å²) in [6.45, 7) is 2.98. The summed E-state index contributed by atoms with van der Waals surface area (Å²) in [6.07, 6.45) is 2.31. The number of carbonyl (C=O) groups is 2. The lowest BCUT2D eigenvalue weighted by atomic mass is 10.1. The molecule has 3 rings (SSSR count). The average molecular weight is 416 g/mol. The molecular weight excluding hydrogens is 390 g/mol. The first kappa shape index (κ1) is 20.9. The van der Waals surface area contributed by atoms with Crippen LogP contribution in [0.5, 0.6) is 0 Å². The van der Waals surface area contributed by atoms with Crippen molar-refractivity contribution in [3.63, 3.8) is 0 Å². The molecule has 0 aliphatic carbocycles. The minimum atomic E-state index is -3.29. The average Bonchev–Trinajstić information content (AvgIpc) is 2.72. The van der Waals surface area contributed by atoms with E-state index in [1.807, 2.05) is 6.92 Å². The molecule has 1 heterocycles. The van der Waals surface area contributed by atoms with Crippen LogP contribution in [-0.4, -0.2) is 39.1 Å². The summed E-state index contributed by atoms with van der Waals surface area (Å²) in [7, 11) is -3.29. The maximum absolute atomic E-state index is 12.6. The minimum Gasteiger partial charge on any atom is -0.352 e. The van der Waals surface area contributed by atoms with Crippen LogP contribution in [0.25, 0.3) is 0 Å². The van der Waals surface area contributed by atoms with Crippen LogP contribution in [0, 0.1) is 0 Å². The quantitative estimate of drug-likeness (QED) is 0.758. The van der Waals surface area contributed by atoms with E-state index in [9.17, 15) is 18.0 Å². The maximum Gasteiger partial charge on any atom is 0.255 e. The molecule has 7 nitrogen and oxygen atoms in total. The summed E-state index contributed by atoms with van der Waals surface area (Å²) in [5, 5.41) is 5.57. The Morgan fingerprint density at radius 3 is 2.41 bits per heavy atom. The monoisotopic (exact) mass is 415 g/mol. The molecule has 29 heavy (non-hydrogen) atoms. The fraction of sp³-hybridized carbons (Fsp3) is 0.333. The van der Waals surface area contributed by atoms with Crippen LogP contribution in [0.15, 0.2) is 48.5 Å². The van der Waals surface area contributed by atoms with Crippen LogP contribution in [-0.2, 0) is 10.0 Å². The number of nitrogens with one attached hydrogen (secondary N) is 2. The molecule has 1 saturated heterocycles. The largest absolute Gasteiger partial charge is 0.352 e. The zero-order valence-electron chi connectivity index (χ0n) is 16.3. The van der Waals surface area contributed by atoms with E-state index in [0.29, 0.717) is 42.0 Å². The molecule has 1 fully saturated rings. The molecule has 2 aromatic carbocycles. The first-order valence-corrected chi connectivity index (χ1v) is 11.3. The number of hydrogen-bond acceptors (Lipinski definition) is 4. The summed E-state index contributed by atoms with van der Waals surface area (Å²) >= 11 is 0. The maximum atomic E-state index is 12.6. The fourth-order valence-electron chi connectivity index (χ4n) is 3.18. The lowest BCUT2D eigenvalue weighted by Gasteiger charge is -2.28. The number of para-hydroxylation sites is 1. The Hall–Kier alpha value is -2.87. The van der Waals surface area contributed by atoms with Gasteiger partial charge in [-0.2, -0.15) is 0 Å². The molecular formula is C21H25N3O4S. The molecule has 0 aromatic heterocycles. The van der Waals surface area contributed by atoms with Crippen molar-refractivity contribution >= 4 is 33.2 Å². The highest BCUT2D eigenvalue weighted by atomic mass is 32.2. The van der Waals surface area contributed by atoms with Crippen molar-refractivity contribution in [2.45, 2.75) is 26.2 Å². The molecule has 2 amide bonds. The Morgan fingerprint density at radius 1 is 1.00 bits per heavy atom. The Labute approximate surface area is 171 Å². The van der Waals surface area contributed by atoms with Gasteiger partial charge in [0, 0.05) is 18.7 Å². The van der Waals surface area contributed by atoms with Crippen molar-refractivity contribution in [2.75, 3.05) is 28.5 Å². The highest BCUT2D eigenvalue weighted by Crippen LogP contribution is 2.24. The number of anilines is 2. The van der Waals surface area contributed by atoms with Crippen molar-refractivity contribution in [2.24, 2.45) is 0 Å². The van der Waals surface area contributed by atoms with Gasteiger partial charge in [-0.25, -0.2) is 8.42 Å². The Bertz CT molecular complexity index is 987. The van der Waals surface area contributed by atoms with Crippen LogP contribution in [0.4, 0.5) is 11.4 Å². The SMILES string of the molecule is CCCNC(=O)c1ccccc1NC(=O)c1ccc(N2CCCCS2(=O)=O)cc1. The van der Waals surface area contributed by atoms with E-state index in [1.165, 1.54) is 4.31 Å². The number of benzene rings is 2. The third-order valence-electron chi connectivity index (χ3n) is 4.72. The molecule has 0 spiro atoms. The number of nitrogens with zero attached hydrogens (tertiary/aromatic N) is 1. The van der Waals surface area contributed by atoms with E-state index >= 15 is 0 Å². The number of hydrogen-bond donors (Lipinski definition) is 2. The van der Waals surface area contributed by atoms with Gasteiger partial charge in [0.1, 0.15) is 0 Å². The van der Waals surface area contributed by atoms with Crippen LogP contribution in [0.2, 0.25) is 0 Å². The van der Waals surface area contributed by atoms with Gasteiger partial charge in [0.2, 0.25) is 10.0 Å². The Balaban J connectivity index is 1.74. The van der Waals surface area contributed by atoms with Crippen molar-refractivity contribution < 1.29 is 18.0 Å². The summed E-state index contributed by atoms with van der Waals surface area (Å²) in [4.78, 5) is 24.9. The van der Waals surface area contributed by atoms with E-state index in [2.05, 4.69) is 10.6 Å². The first-order valence-electron chi connectivity index (χ1n) is 9.71.